The highest BCUT2D eigenvalue weighted by atomic mass is 79.9. The van der Waals surface area contributed by atoms with Crippen molar-refractivity contribution in [2.45, 2.75) is 12.7 Å². The predicted octanol–water partition coefficient (Wildman–Crippen LogP) is 3.31. The zero-order chi connectivity index (χ0) is 15.2. The van der Waals surface area contributed by atoms with E-state index in [1.807, 2.05) is 0 Å². The number of benzene rings is 1. The summed E-state index contributed by atoms with van der Waals surface area (Å²) in [7, 11) is 0. The summed E-state index contributed by atoms with van der Waals surface area (Å²) >= 11 is 2.97. The molecule has 1 aromatic carbocycles. The van der Waals surface area contributed by atoms with Crippen LogP contribution in [-0.4, -0.2) is 24.4 Å². The first kappa shape index (κ1) is 15.9. The molecule has 2 N–H and O–H groups in total. The molecule has 0 bridgehead atoms. The minimum atomic E-state index is -0.830. The Bertz CT molecular complexity index is 578. The first-order valence-electron chi connectivity index (χ1n) is 6.23. The fourth-order valence-electron chi connectivity index (χ4n) is 1.63. The molecule has 0 saturated carbocycles. The van der Waals surface area contributed by atoms with Crippen LogP contribution < -0.4 is 5.32 Å². The van der Waals surface area contributed by atoms with Gasteiger partial charge in [0.15, 0.2) is 0 Å². The van der Waals surface area contributed by atoms with E-state index in [4.69, 9.17) is 9.15 Å². The highest BCUT2D eigenvalue weighted by Crippen LogP contribution is 2.23. The van der Waals surface area contributed by atoms with Crippen molar-refractivity contribution in [3.8, 4) is 0 Å². The van der Waals surface area contributed by atoms with Crippen LogP contribution in [0.15, 0.2) is 39.4 Å². The second kappa shape index (κ2) is 7.53. The van der Waals surface area contributed by atoms with Gasteiger partial charge in [-0.15, -0.1) is 0 Å². The lowest BCUT2D eigenvalue weighted by Crippen LogP contribution is -2.25. The summed E-state index contributed by atoms with van der Waals surface area (Å²) in [6, 6.07) is 5.55. The van der Waals surface area contributed by atoms with Gasteiger partial charge in [-0.05, 0) is 34.1 Å². The number of nitrogens with one attached hydrogen (secondary N) is 1. The van der Waals surface area contributed by atoms with Crippen LogP contribution in [0, 0.1) is 11.6 Å². The number of halogens is 3. The first-order chi connectivity index (χ1) is 10.1. The number of hydrogen-bond donors (Lipinski definition) is 2. The minimum Gasteiger partial charge on any atom is -0.467 e. The van der Waals surface area contributed by atoms with Crippen LogP contribution >= 0.6 is 15.9 Å². The molecule has 1 atom stereocenters. The second-order valence-corrected chi connectivity index (χ2v) is 5.23. The van der Waals surface area contributed by atoms with Crippen LogP contribution in [0.4, 0.5) is 14.5 Å². The molecule has 0 aliphatic carbocycles. The van der Waals surface area contributed by atoms with Crippen molar-refractivity contribution in [3.05, 3.63) is 52.4 Å². The molecule has 1 heterocycles. The van der Waals surface area contributed by atoms with Crippen LogP contribution in [0.3, 0.4) is 0 Å². The van der Waals surface area contributed by atoms with E-state index in [0.717, 1.165) is 6.07 Å². The van der Waals surface area contributed by atoms with Crippen LogP contribution in [-0.2, 0) is 11.3 Å². The Hall–Kier alpha value is -1.44. The normalized spacial score (nSPS) is 12.4. The molecule has 0 amide bonds. The number of aliphatic hydroxyl groups is 1. The largest absolute Gasteiger partial charge is 0.467 e. The lowest BCUT2D eigenvalue weighted by atomic mass is 10.2. The maximum Gasteiger partial charge on any atom is 0.149 e. The number of hydrogen-bond acceptors (Lipinski definition) is 4. The van der Waals surface area contributed by atoms with Gasteiger partial charge in [0.25, 0.3) is 0 Å². The quantitative estimate of drug-likeness (QED) is 0.743. The Labute approximate surface area is 128 Å². The third-order valence-corrected chi connectivity index (χ3v) is 3.28. The molecule has 0 radical (unpaired) electrons. The van der Waals surface area contributed by atoms with Gasteiger partial charge in [0, 0.05) is 12.6 Å². The van der Waals surface area contributed by atoms with Crippen LogP contribution in [0.1, 0.15) is 5.76 Å². The minimum absolute atomic E-state index is 0.0671. The SMILES string of the molecule is OC(CNc1cc(Br)c(F)cc1F)COCc1ccco1. The van der Waals surface area contributed by atoms with E-state index in [1.165, 1.54) is 12.3 Å². The third kappa shape index (κ3) is 4.80. The summed E-state index contributed by atoms with van der Waals surface area (Å²) in [6.07, 6.45) is 0.703. The molecule has 0 aliphatic heterocycles. The zero-order valence-corrected chi connectivity index (χ0v) is 12.6. The van der Waals surface area contributed by atoms with Gasteiger partial charge in [-0.1, -0.05) is 0 Å². The van der Waals surface area contributed by atoms with E-state index in [0.29, 0.717) is 5.76 Å². The van der Waals surface area contributed by atoms with Gasteiger partial charge in [0.2, 0.25) is 0 Å². The highest BCUT2D eigenvalue weighted by Gasteiger charge is 2.10. The average molecular weight is 362 g/mol. The fourth-order valence-corrected chi connectivity index (χ4v) is 1.98. The Morgan fingerprint density at radius 1 is 1.33 bits per heavy atom. The molecule has 7 heteroatoms. The second-order valence-electron chi connectivity index (χ2n) is 4.38. The predicted molar refractivity (Wildman–Crippen MR) is 76.9 cm³/mol. The van der Waals surface area contributed by atoms with Gasteiger partial charge in [-0.3, -0.25) is 0 Å². The van der Waals surface area contributed by atoms with Crippen molar-refractivity contribution in [2.24, 2.45) is 0 Å². The van der Waals surface area contributed by atoms with E-state index < -0.39 is 17.7 Å². The molecule has 0 aliphatic rings. The Morgan fingerprint density at radius 2 is 2.14 bits per heavy atom. The molecular formula is C14H14BrF2NO3. The standard InChI is InChI=1S/C14H14BrF2NO3/c15-11-4-14(13(17)5-12(11)16)18-6-9(19)7-20-8-10-2-1-3-21-10/h1-5,9,18-19H,6-8H2. The van der Waals surface area contributed by atoms with Crippen molar-refractivity contribution >= 4 is 21.6 Å². The molecule has 0 fully saturated rings. The van der Waals surface area contributed by atoms with Crippen molar-refractivity contribution in [1.82, 2.24) is 0 Å². The molecule has 1 aromatic heterocycles. The Kier molecular flexibility index (Phi) is 5.72. The van der Waals surface area contributed by atoms with Gasteiger partial charge in [-0.2, -0.15) is 0 Å². The lowest BCUT2D eigenvalue weighted by molar-refractivity contribution is 0.0282. The summed E-state index contributed by atoms with van der Waals surface area (Å²) in [5, 5.41) is 12.4. The van der Waals surface area contributed by atoms with Crippen molar-refractivity contribution in [2.75, 3.05) is 18.5 Å². The highest BCUT2D eigenvalue weighted by molar-refractivity contribution is 9.10. The topological polar surface area (TPSA) is 54.6 Å². The molecular weight excluding hydrogens is 348 g/mol. The monoisotopic (exact) mass is 361 g/mol. The molecule has 0 saturated heterocycles. The van der Waals surface area contributed by atoms with Crippen LogP contribution in [0.25, 0.3) is 0 Å². The number of furan rings is 1. The van der Waals surface area contributed by atoms with Gasteiger partial charge in [-0.25, -0.2) is 8.78 Å². The number of rotatable bonds is 7. The van der Waals surface area contributed by atoms with Crippen molar-refractivity contribution in [1.29, 1.82) is 0 Å². The van der Waals surface area contributed by atoms with Crippen LogP contribution in [0.2, 0.25) is 0 Å². The van der Waals surface area contributed by atoms with Gasteiger partial charge < -0.3 is 19.6 Å². The van der Waals surface area contributed by atoms with E-state index in [9.17, 15) is 13.9 Å². The van der Waals surface area contributed by atoms with E-state index in [1.54, 1.807) is 12.1 Å². The van der Waals surface area contributed by atoms with Gasteiger partial charge >= 0.3 is 0 Å². The zero-order valence-electron chi connectivity index (χ0n) is 11.0. The third-order valence-electron chi connectivity index (χ3n) is 2.67. The number of anilines is 1. The smallest absolute Gasteiger partial charge is 0.149 e. The fraction of sp³-hybridized carbons (Fsp3) is 0.286. The molecule has 0 spiro atoms. The van der Waals surface area contributed by atoms with Crippen molar-refractivity contribution in [3.63, 3.8) is 0 Å². The maximum absolute atomic E-state index is 13.5. The molecule has 21 heavy (non-hydrogen) atoms. The van der Waals surface area contributed by atoms with E-state index in [-0.39, 0.29) is 29.9 Å². The lowest BCUT2D eigenvalue weighted by Gasteiger charge is -2.13. The van der Waals surface area contributed by atoms with Gasteiger partial charge in [0.05, 0.1) is 29.1 Å². The Morgan fingerprint density at radius 3 is 2.86 bits per heavy atom. The number of ether oxygens (including phenoxy) is 1. The average Bonchev–Trinajstić information content (AvgIpc) is 2.94. The molecule has 114 valence electrons. The first-order valence-corrected chi connectivity index (χ1v) is 7.02. The van der Waals surface area contributed by atoms with Gasteiger partial charge in [0.1, 0.15) is 24.0 Å². The maximum atomic E-state index is 13.5. The summed E-state index contributed by atoms with van der Waals surface area (Å²) in [6.45, 7) is 0.394. The molecule has 2 aromatic rings. The summed E-state index contributed by atoms with van der Waals surface area (Å²) in [4.78, 5) is 0. The number of aliphatic hydroxyl groups excluding tert-OH is 1. The molecule has 1 unspecified atom stereocenters. The molecule has 4 nitrogen and oxygen atoms in total. The summed E-state index contributed by atoms with van der Waals surface area (Å²) < 4.78 is 37.0. The van der Waals surface area contributed by atoms with Crippen LogP contribution in [0.5, 0.6) is 0 Å². The Balaban J connectivity index is 1.76. The molecule has 2 rings (SSSR count). The van der Waals surface area contributed by atoms with Crippen molar-refractivity contribution < 1.29 is 23.0 Å². The van der Waals surface area contributed by atoms with E-state index in [2.05, 4.69) is 21.2 Å². The van der Waals surface area contributed by atoms with E-state index >= 15 is 0 Å². The summed E-state index contributed by atoms with van der Waals surface area (Å²) in [5.74, 6) is -0.747. The summed E-state index contributed by atoms with van der Waals surface area (Å²) in [5.41, 5.74) is 0.105.